The van der Waals surface area contributed by atoms with E-state index in [1.54, 1.807) is 36.4 Å². The number of benzene rings is 3. The standard InChI is InChI=1S/C20H15Cl2N3O5S/c21-14-5-4-6-15(11-14)23-20(26)13-24(16-7-2-1-3-8-16)31(29,30)17-9-10-18(22)19(12-17)25(27)28/h1-12H,13H2,(H,23,26). The highest BCUT2D eigenvalue weighted by atomic mass is 35.5. The molecular formula is C20H15Cl2N3O5S. The first-order valence-corrected chi connectivity index (χ1v) is 11.0. The summed E-state index contributed by atoms with van der Waals surface area (Å²) in [6, 6.07) is 17.4. The zero-order valence-corrected chi connectivity index (χ0v) is 18.1. The van der Waals surface area contributed by atoms with E-state index >= 15 is 0 Å². The number of hydrogen-bond acceptors (Lipinski definition) is 5. The molecule has 0 fully saturated rings. The maximum atomic E-state index is 13.3. The van der Waals surface area contributed by atoms with Crippen molar-refractivity contribution in [2.75, 3.05) is 16.2 Å². The van der Waals surface area contributed by atoms with Crippen LogP contribution in [0.25, 0.3) is 0 Å². The summed E-state index contributed by atoms with van der Waals surface area (Å²) in [7, 11) is -4.34. The number of carbonyl (C=O) groups excluding carboxylic acids is 1. The second-order valence-corrected chi connectivity index (χ2v) is 8.98. The fourth-order valence-electron chi connectivity index (χ4n) is 2.73. The molecule has 0 heterocycles. The normalized spacial score (nSPS) is 11.0. The maximum absolute atomic E-state index is 13.3. The molecule has 3 aromatic carbocycles. The molecule has 1 amide bonds. The quantitative estimate of drug-likeness (QED) is 0.388. The van der Waals surface area contributed by atoms with Crippen LogP contribution in [-0.2, 0) is 14.8 Å². The molecule has 11 heteroatoms. The van der Waals surface area contributed by atoms with Crippen LogP contribution in [0.3, 0.4) is 0 Å². The minimum absolute atomic E-state index is 0.200. The second-order valence-electron chi connectivity index (χ2n) is 6.28. The Bertz CT molecular complexity index is 1240. The van der Waals surface area contributed by atoms with Crippen LogP contribution in [0.4, 0.5) is 17.1 Å². The van der Waals surface area contributed by atoms with Crippen molar-refractivity contribution in [2.24, 2.45) is 0 Å². The molecule has 0 bridgehead atoms. The Morgan fingerprint density at radius 2 is 1.71 bits per heavy atom. The summed E-state index contributed by atoms with van der Waals surface area (Å²) in [4.78, 5) is 22.7. The van der Waals surface area contributed by atoms with Gasteiger partial charge in [-0.15, -0.1) is 0 Å². The van der Waals surface area contributed by atoms with Crippen LogP contribution < -0.4 is 9.62 Å². The number of amides is 1. The van der Waals surface area contributed by atoms with Gasteiger partial charge < -0.3 is 5.32 Å². The topological polar surface area (TPSA) is 110 Å². The van der Waals surface area contributed by atoms with Crippen molar-refractivity contribution in [3.63, 3.8) is 0 Å². The monoisotopic (exact) mass is 479 g/mol. The van der Waals surface area contributed by atoms with Crippen LogP contribution in [0.5, 0.6) is 0 Å². The molecule has 0 aliphatic heterocycles. The number of hydrogen-bond donors (Lipinski definition) is 1. The summed E-state index contributed by atoms with van der Waals surface area (Å²) in [6.07, 6.45) is 0. The molecule has 0 radical (unpaired) electrons. The highest BCUT2D eigenvalue weighted by Gasteiger charge is 2.29. The van der Waals surface area contributed by atoms with Gasteiger partial charge in [0, 0.05) is 16.8 Å². The average Bonchev–Trinajstić information content (AvgIpc) is 2.72. The number of rotatable bonds is 7. The largest absolute Gasteiger partial charge is 0.324 e. The highest BCUT2D eigenvalue weighted by Crippen LogP contribution is 2.30. The smallest absolute Gasteiger partial charge is 0.289 e. The van der Waals surface area contributed by atoms with Gasteiger partial charge in [-0.2, -0.15) is 0 Å². The SMILES string of the molecule is O=C(CN(c1ccccc1)S(=O)(=O)c1ccc(Cl)c([N+](=O)[O-])c1)Nc1cccc(Cl)c1. The van der Waals surface area contributed by atoms with E-state index in [0.717, 1.165) is 22.5 Å². The van der Waals surface area contributed by atoms with Crippen LogP contribution >= 0.6 is 23.2 Å². The van der Waals surface area contributed by atoms with Crippen molar-refractivity contribution in [3.05, 3.63) is 93.0 Å². The Balaban J connectivity index is 1.98. The van der Waals surface area contributed by atoms with Gasteiger partial charge in [0.15, 0.2) is 0 Å². The number of nitro benzene ring substituents is 1. The molecule has 0 aromatic heterocycles. The minimum atomic E-state index is -4.34. The van der Waals surface area contributed by atoms with Gasteiger partial charge in [-0.1, -0.05) is 47.5 Å². The molecule has 0 saturated carbocycles. The summed E-state index contributed by atoms with van der Waals surface area (Å²) in [6.45, 7) is -0.574. The summed E-state index contributed by atoms with van der Waals surface area (Å²) in [5.74, 6) is -0.627. The number of anilines is 2. The van der Waals surface area contributed by atoms with Gasteiger partial charge in [0.2, 0.25) is 5.91 Å². The Morgan fingerprint density at radius 1 is 1.00 bits per heavy atom. The maximum Gasteiger partial charge on any atom is 0.289 e. The van der Waals surface area contributed by atoms with E-state index < -0.39 is 33.1 Å². The molecule has 8 nitrogen and oxygen atoms in total. The fourth-order valence-corrected chi connectivity index (χ4v) is 4.54. The van der Waals surface area contributed by atoms with Crippen molar-refractivity contribution >= 4 is 56.2 Å². The lowest BCUT2D eigenvalue weighted by Gasteiger charge is -2.24. The third-order valence-corrected chi connectivity index (χ3v) is 6.47. The van der Waals surface area contributed by atoms with Gasteiger partial charge in [-0.05, 0) is 42.5 Å². The fraction of sp³-hybridized carbons (Fsp3) is 0.0500. The summed E-state index contributed by atoms with van der Waals surface area (Å²) >= 11 is 11.7. The van der Waals surface area contributed by atoms with Gasteiger partial charge in [0.05, 0.1) is 15.5 Å². The van der Waals surface area contributed by atoms with Crippen LogP contribution in [0.15, 0.2) is 77.7 Å². The van der Waals surface area contributed by atoms with Crippen LogP contribution in [0.1, 0.15) is 0 Å². The minimum Gasteiger partial charge on any atom is -0.324 e. The molecule has 0 atom stereocenters. The second kappa shape index (κ2) is 9.34. The molecule has 160 valence electrons. The number of para-hydroxylation sites is 1. The first kappa shape index (κ1) is 22.5. The van der Waals surface area contributed by atoms with Crippen molar-refractivity contribution < 1.29 is 18.1 Å². The van der Waals surface area contributed by atoms with Gasteiger partial charge in [-0.3, -0.25) is 19.2 Å². The van der Waals surface area contributed by atoms with Gasteiger partial charge >= 0.3 is 0 Å². The lowest BCUT2D eigenvalue weighted by Crippen LogP contribution is -2.38. The van der Waals surface area contributed by atoms with E-state index in [-0.39, 0.29) is 15.6 Å². The van der Waals surface area contributed by atoms with Crippen molar-refractivity contribution in [2.45, 2.75) is 4.90 Å². The van der Waals surface area contributed by atoms with E-state index in [1.807, 2.05) is 0 Å². The highest BCUT2D eigenvalue weighted by molar-refractivity contribution is 7.92. The van der Waals surface area contributed by atoms with Crippen LogP contribution in [0.2, 0.25) is 10.0 Å². The molecule has 0 aliphatic rings. The van der Waals surface area contributed by atoms with E-state index in [4.69, 9.17) is 23.2 Å². The molecule has 0 unspecified atom stereocenters. The van der Waals surface area contributed by atoms with Crippen molar-refractivity contribution in [1.82, 2.24) is 0 Å². The predicted molar refractivity (Wildman–Crippen MR) is 119 cm³/mol. The third kappa shape index (κ3) is 5.32. The summed E-state index contributed by atoms with van der Waals surface area (Å²) in [5.41, 5.74) is 0.0468. The summed E-state index contributed by atoms with van der Waals surface area (Å²) in [5, 5.41) is 14.0. The number of nitrogens with zero attached hydrogens (tertiary/aromatic N) is 2. The predicted octanol–water partition coefficient (Wildman–Crippen LogP) is 4.74. The van der Waals surface area contributed by atoms with Crippen LogP contribution in [-0.4, -0.2) is 25.8 Å². The lowest BCUT2D eigenvalue weighted by molar-refractivity contribution is -0.384. The molecule has 0 saturated heterocycles. The Hall–Kier alpha value is -3.14. The lowest BCUT2D eigenvalue weighted by atomic mass is 10.3. The van der Waals surface area contributed by atoms with E-state index in [1.165, 1.54) is 18.2 Å². The number of nitro groups is 1. The van der Waals surface area contributed by atoms with Gasteiger partial charge in [0.25, 0.3) is 15.7 Å². The van der Waals surface area contributed by atoms with E-state index in [9.17, 15) is 23.3 Å². The number of nitrogens with one attached hydrogen (secondary N) is 1. The average molecular weight is 480 g/mol. The molecular weight excluding hydrogens is 465 g/mol. The third-order valence-electron chi connectivity index (χ3n) is 4.14. The first-order valence-electron chi connectivity index (χ1n) is 8.75. The number of carbonyl (C=O) groups is 1. The van der Waals surface area contributed by atoms with E-state index in [0.29, 0.717) is 10.7 Å². The van der Waals surface area contributed by atoms with Crippen molar-refractivity contribution in [1.29, 1.82) is 0 Å². The van der Waals surface area contributed by atoms with Crippen LogP contribution in [0, 0.1) is 10.1 Å². The number of sulfonamides is 1. The molecule has 3 aromatic rings. The Labute approximate surface area is 188 Å². The molecule has 1 N–H and O–H groups in total. The van der Waals surface area contributed by atoms with Gasteiger partial charge in [0.1, 0.15) is 11.6 Å². The zero-order valence-electron chi connectivity index (χ0n) is 15.7. The Kier molecular flexibility index (Phi) is 6.79. The molecule has 0 spiro atoms. The zero-order chi connectivity index (χ0) is 22.6. The number of halogens is 2. The first-order chi connectivity index (χ1) is 14.7. The molecule has 31 heavy (non-hydrogen) atoms. The summed E-state index contributed by atoms with van der Waals surface area (Å²) < 4.78 is 27.5. The van der Waals surface area contributed by atoms with E-state index in [2.05, 4.69) is 5.32 Å². The Morgan fingerprint density at radius 3 is 2.35 bits per heavy atom. The van der Waals surface area contributed by atoms with Crippen molar-refractivity contribution in [3.8, 4) is 0 Å². The molecule has 3 rings (SSSR count). The molecule has 0 aliphatic carbocycles. The van der Waals surface area contributed by atoms with Gasteiger partial charge in [-0.25, -0.2) is 8.42 Å².